The summed E-state index contributed by atoms with van der Waals surface area (Å²) in [4.78, 5) is 36.4. The molecule has 1 heterocycles. The van der Waals surface area contributed by atoms with Crippen LogP contribution in [0, 0.1) is 10.1 Å². The average Bonchev–Trinajstić information content (AvgIpc) is 3.33. The maximum Gasteiger partial charge on any atom is 0.270 e. The molecule has 0 unspecified atom stereocenters. The van der Waals surface area contributed by atoms with Crippen molar-refractivity contribution in [3.63, 3.8) is 0 Å². The Morgan fingerprint density at radius 2 is 1.74 bits per heavy atom. The van der Waals surface area contributed by atoms with Crippen molar-refractivity contribution in [2.24, 2.45) is 0 Å². The van der Waals surface area contributed by atoms with Gasteiger partial charge in [0.25, 0.3) is 17.5 Å². The quantitative estimate of drug-likeness (QED) is 0.291. The Kier molecular flexibility index (Phi) is 7.17. The molecule has 2 N–H and O–H groups in total. The molecule has 3 aromatic rings. The van der Waals surface area contributed by atoms with Crippen molar-refractivity contribution in [3.8, 4) is 11.3 Å². The number of non-ortho nitro benzene ring substituents is 1. The van der Waals surface area contributed by atoms with Gasteiger partial charge < -0.3 is 15.1 Å². The molecular weight excluding hydrogens is 434 g/mol. The van der Waals surface area contributed by atoms with E-state index in [0.29, 0.717) is 22.6 Å². The van der Waals surface area contributed by atoms with Gasteiger partial charge in [0.15, 0.2) is 0 Å². The van der Waals surface area contributed by atoms with Crippen LogP contribution in [0.5, 0.6) is 0 Å². The lowest BCUT2D eigenvalue weighted by Crippen LogP contribution is -2.41. The molecule has 0 radical (unpaired) electrons. The van der Waals surface area contributed by atoms with Gasteiger partial charge in [-0.1, -0.05) is 49.6 Å². The molecule has 4 rings (SSSR count). The fraction of sp³-hybridized carbons (Fsp3) is 0.231. The van der Waals surface area contributed by atoms with Crippen LogP contribution >= 0.6 is 0 Å². The smallest absolute Gasteiger partial charge is 0.270 e. The molecule has 1 aliphatic rings. The second-order valence-corrected chi connectivity index (χ2v) is 8.20. The summed E-state index contributed by atoms with van der Waals surface area (Å²) in [5, 5.41) is 16.8. The minimum absolute atomic E-state index is 0.0475. The lowest BCUT2D eigenvalue weighted by molar-refractivity contribution is -0.384. The van der Waals surface area contributed by atoms with Crippen LogP contribution in [0.3, 0.4) is 0 Å². The number of hydrogen-bond acceptors (Lipinski definition) is 5. The molecule has 0 aliphatic heterocycles. The Balaban J connectivity index is 1.59. The first-order valence-corrected chi connectivity index (χ1v) is 11.2. The van der Waals surface area contributed by atoms with Gasteiger partial charge >= 0.3 is 0 Å². The van der Waals surface area contributed by atoms with Crippen LogP contribution in [0.2, 0.25) is 0 Å². The zero-order chi connectivity index (χ0) is 23.9. The summed E-state index contributed by atoms with van der Waals surface area (Å²) in [7, 11) is 0. The van der Waals surface area contributed by atoms with Gasteiger partial charge in [-0.05, 0) is 37.1 Å². The van der Waals surface area contributed by atoms with Crippen LogP contribution in [0.25, 0.3) is 17.4 Å². The molecule has 0 saturated heterocycles. The minimum atomic E-state index is -0.472. The van der Waals surface area contributed by atoms with Crippen LogP contribution in [0.4, 0.5) is 5.69 Å². The molecule has 2 amide bonds. The van der Waals surface area contributed by atoms with E-state index in [2.05, 4.69) is 10.6 Å². The topological polar surface area (TPSA) is 114 Å². The van der Waals surface area contributed by atoms with E-state index in [1.165, 1.54) is 18.2 Å². The Morgan fingerprint density at radius 1 is 0.971 bits per heavy atom. The van der Waals surface area contributed by atoms with E-state index in [9.17, 15) is 19.7 Å². The van der Waals surface area contributed by atoms with Crippen molar-refractivity contribution in [2.45, 2.75) is 38.1 Å². The SMILES string of the molecule is O=C(NC1CCCCC1)/C(=C\c1ccc(-c2cccc([N+](=O)[O-])c2)o1)NC(=O)c1ccccc1. The lowest BCUT2D eigenvalue weighted by Gasteiger charge is -2.23. The minimum Gasteiger partial charge on any atom is -0.457 e. The summed E-state index contributed by atoms with van der Waals surface area (Å²) >= 11 is 0. The Morgan fingerprint density at radius 3 is 2.47 bits per heavy atom. The van der Waals surface area contributed by atoms with Crippen LogP contribution < -0.4 is 10.6 Å². The van der Waals surface area contributed by atoms with Crippen molar-refractivity contribution in [2.75, 3.05) is 0 Å². The zero-order valence-corrected chi connectivity index (χ0v) is 18.5. The molecule has 34 heavy (non-hydrogen) atoms. The van der Waals surface area contributed by atoms with Gasteiger partial charge in [-0.2, -0.15) is 0 Å². The molecule has 2 aromatic carbocycles. The van der Waals surface area contributed by atoms with E-state index in [1.54, 1.807) is 48.5 Å². The van der Waals surface area contributed by atoms with Gasteiger partial charge in [0.05, 0.1) is 4.92 Å². The third-order valence-electron chi connectivity index (χ3n) is 5.72. The van der Waals surface area contributed by atoms with Gasteiger partial charge in [-0.15, -0.1) is 0 Å². The van der Waals surface area contributed by atoms with Crippen molar-refractivity contribution in [1.29, 1.82) is 0 Å². The number of nitrogens with one attached hydrogen (secondary N) is 2. The van der Waals surface area contributed by atoms with Crippen molar-refractivity contribution in [1.82, 2.24) is 10.6 Å². The number of carbonyl (C=O) groups excluding carboxylic acids is 2. The highest BCUT2D eigenvalue weighted by atomic mass is 16.6. The highest BCUT2D eigenvalue weighted by Crippen LogP contribution is 2.26. The number of hydrogen-bond donors (Lipinski definition) is 2. The van der Waals surface area contributed by atoms with E-state index in [0.717, 1.165) is 32.1 Å². The number of rotatable bonds is 7. The summed E-state index contributed by atoms with van der Waals surface area (Å²) in [6, 6.07) is 18.1. The summed E-state index contributed by atoms with van der Waals surface area (Å²) in [6.45, 7) is 0. The number of nitro groups is 1. The number of carbonyl (C=O) groups is 2. The Hall–Kier alpha value is -4.20. The molecule has 174 valence electrons. The molecule has 1 aliphatic carbocycles. The van der Waals surface area contributed by atoms with Gasteiger partial charge in [-0.3, -0.25) is 19.7 Å². The molecule has 0 bridgehead atoms. The number of nitrogens with zero attached hydrogens (tertiary/aromatic N) is 1. The van der Waals surface area contributed by atoms with Gasteiger partial charge in [0, 0.05) is 35.4 Å². The van der Waals surface area contributed by atoms with E-state index in [1.807, 2.05) is 6.07 Å². The van der Waals surface area contributed by atoms with E-state index < -0.39 is 10.8 Å². The highest BCUT2D eigenvalue weighted by molar-refractivity contribution is 6.05. The van der Waals surface area contributed by atoms with E-state index in [4.69, 9.17) is 4.42 Å². The molecule has 0 atom stereocenters. The Labute approximate surface area is 196 Å². The summed E-state index contributed by atoms with van der Waals surface area (Å²) in [6.07, 6.45) is 6.56. The summed E-state index contributed by atoms with van der Waals surface area (Å²) in [5.41, 5.74) is 0.985. The van der Waals surface area contributed by atoms with Gasteiger partial charge in [0.2, 0.25) is 0 Å². The number of benzene rings is 2. The highest BCUT2D eigenvalue weighted by Gasteiger charge is 2.21. The van der Waals surface area contributed by atoms with Gasteiger partial charge in [-0.25, -0.2) is 0 Å². The molecule has 8 heteroatoms. The van der Waals surface area contributed by atoms with Crippen LogP contribution in [0.1, 0.15) is 48.2 Å². The fourth-order valence-electron chi connectivity index (χ4n) is 3.95. The van der Waals surface area contributed by atoms with Gasteiger partial charge in [0.1, 0.15) is 17.2 Å². The molecule has 8 nitrogen and oxygen atoms in total. The Bertz CT molecular complexity index is 1210. The predicted octanol–water partition coefficient (Wildman–Crippen LogP) is 5.07. The predicted molar refractivity (Wildman–Crippen MR) is 128 cm³/mol. The van der Waals surface area contributed by atoms with E-state index in [-0.39, 0.29) is 23.3 Å². The number of nitro benzene ring substituents is 1. The second-order valence-electron chi connectivity index (χ2n) is 8.20. The van der Waals surface area contributed by atoms with Crippen molar-refractivity contribution >= 4 is 23.6 Å². The third kappa shape index (κ3) is 5.78. The molecule has 1 aromatic heterocycles. The second kappa shape index (κ2) is 10.6. The summed E-state index contributed by atoms with van der Waals surface area (Å²) < 4.78 is 5.83. The standard InChI is InChI=1S/C26H25N3O5/c30-25(18-8-3-1-4-9-18)28-23(26(31)27-20-11-5-2-6-12-20)17-22-14-15-24(34-22)19-10-7-13-21(16-19)29(32)33/h1,3-4,7-10,13-17,20H,2,5-6,11-12H2,(H,27,31)(H,28,30)/b23-17+. The fourth-order valence-corrected chi connectivity index (χ4v) is 3.95. The maximum atomic E-state index is 13.1. The van der Waals surface area contributed by atoms with Crippen LogP contribution in [-0.4, -0.2) is 22.8 Å². The first kappa shape index (κ1) is 23.0. The van der Waals surface area contributed by atoms with E-state index >= 15 is 0 Å². The lowest BCUT2D eigenvalue weighted by atomic mass is 9.95. The largest absolute Gasteiger partial charge is 0.457 e. The molecular formula is C26H25N3O5. The zero-order valence-electron chi connectivity index (χ0n) is 18.5. The monoisotopic (exact) mass is 459 g/mol. The van der Waals surface area contributed by atoms with Crippen LogP contribution in [0.15, 0.2) is 76.8 Å². The van der Waals surface area contributed by atoms with Crippen molar-refractivity contribution in [3.05, 3.63) is 93.9 Å². The third-order valence-corrected chi connectivity index (χ3v) is 5.72. The number of furan rings is 1. The first-order valence-electron chi connectivity index (χ1n) is 11.2. The number of amides is 2. The van der Waals surface area contributed by atoms with Crippen LogP contribution in [-0.2, 0) is 4.79 Å². The maximum absolute atomic E-state index is 13.1. The summed E-state index contributed by atoms with van der Waals surface area (Å²) in [5.74, 6) is -0.0411. The molecule has 1 saturated carbocycles. The van der Waals surface area contributed by atoms with Crippen molar-refractivity contribution < 1.29 is 18.9 Å². The first-order chi connectivity index (χ1) is 16.5. The normalized spacial score (nSPS) is 14.4. The molecule has 0 spiro atoms. The average molecular weight is 460 g/mol. The molecule has 1 fully saturated rings.